The molecule has 0 aromatic heterocycles. The van der Waals surface area contributed by atoms with Crippen molar-refractivity contribution in [3.05, 3.63) is 83.4 Å². The molecule has 0 spiro atoms. The maximum atomic E-state index is 12.2. The quantitative estimate of drug-likeness (QED) is 0.510. The lowest BCUT2D eigenvalue weighted by Crippen LogP contribution is -2.32. The lowest BCUT2D eigenvalue weighted by atomic mass is 10.2. The van der Waals surface area contributed by atoms with E-state index < -0.39 is 0 Å². The Kier molecular flexibility index (Phi) is 7.73. The fraction of sp³-hybridized carbons (Fsp3) is 0.200. The van der Waals surface area contributed by atoms with Gasteiger partial charge in [-0.05, 0) is 86.5 Å². The number of hydrogen-bond donors (Lipinski definition) is 2. The Morgan fingerprint density at radius 1 is 0.935 bits per heavy atom. The van der Waals surface area contributed by atoms with Gasteiger partial charge in [0, 0.05) is 21.0 Å². The number of anilines is 1. The molecule has 0 fully saturated rings. The highest BCUT2D eigenvalue weighted by molar-refractivity contribution is 7.99. The average Bonchev–Trinajstić information content (AvgIpc) is 2.77. The lowest BCUT2D eigenvalue weighted by Gasteiger charge is -2.09. The molecule has 5 nitrogen and oxygen atoms in total. The predicted octanol–water partition coefficient (Wildman–Crippen LogP) is 5.22. The minimum Gasteiger partial charge on any atom is -0.494 e. The molecular weight excluding hydrogens is 408 g/mol. The second kappa shape index (κ2) is 10.7. The maximum Gasteiger partial charge on any atom is 0.251 e. The number of nitrogens with one attached hydrogen (secondary N) is 2. The molecule has 0 saturated heterocycles. The molecule has 31 heavy (non-hydrogen) atoms. The van der Waals surface area contributed by atoms with E-state index in [2.05, 4.69) is 42.7 Å². The van der Waals surface area contributed by atoms with Gasteiger partial charge in [-0.2, -0.15) is 0 Å². The Hall–Kier alpha value is -3.25. The summed E-state index contributed by atoms with van der Waals surface area (Å²) in [7, 11) is 0. The van der Waals surface area contributed by atoms with Gasteiger partial charge < -0.3 is 15.4 Å². The summed E-state index contributed by atoms with van der Waals surface area (Å²) in [6.07, 6.45) is 0. The van der Waals surface area contributed by atoms with Crippen LogP contribution in [0.15, 0.2) is 76.5 Å². The summed E-state index contributed by atoms with van der Waals surface area (Å²) in [5.74, 6) is 0.114. The van der Waals surface area contributed by atoms with Gasteiger partial charge in [0.05, 0.1) is 13.2 Å². The van der Waals surface area contributed by atoms with Crippen molar-refractivity contribution in [2.45, 2.75) is 30.6 Å². The highest BCUT2D eigenvalue weighted by Gasteiger charge is 2.09. The number of rotatable bonds is 8. The Morgan fingerprint density at radius 3 is 2.32 bits per heavy atom. The van der Waals surface area contributed by atoms with Gasteiger partial charge in [0.15, 0.2) is 0 Å². The van der Waals surface area contributed by atoms with E-state index >= 15 is 0 Å². The Balaban J connectivity index is 1.50. The molecule has 3 aromatic rings. The van der Waals surface area contributed by atoms with E-state index in [9.17, 15) is 9.59 Å². The van der Waals surface area contributed by atoms with Crippen molar-refractivity contribution < 1.29 is 14.3 Å². The number of carbonyl (C=O) groups excluding carboxylic acids is 2. The topological polar surface area (TPSA) is 67.4 Å². The van der Waals surface area contributed by atoms with Crippen molar-refractivity contribution in [1.82, 2.24) is 5.32 Å². The molecule has 0 bridgehead atoms. The SMILES string of the molecule is CCOc1ccc(C(=O)NCC(=O)Nc2ccc(Sc3cc(C)ccc3C)cc2)cc1. The largest absolute Gasteiger partial charge is 0.494 e. The van der Waals surface area contributed by atoms with E-state index in [-0.39, 0.29) is 18.4 Å². The zero-order valence-corrected chi connectivity index (χ0v) is 18.7. The Bertz CT molecular complexity index is 1050. The predicted molar refractivity (Wildman–Crippen MR) is 125 cm³/mol. The summed E-state index contributed by atoms with van der Waals surface area (Å²) in [5.41, 5.74) is 3.62. The first-order valence-corrected chi connectivity index (χ1v) is 10.9. The van der Waals surface area contributed by atoms with Crippen LogP contribution in [0.1, 0.15) is 28.4 Å². The van der Waals surface area contributed by atoms with Crippen LogP contribution in [0.5, 0.6) is 5.75 Å². The van der Waals surface area contributed by atoms with E-state index in [0.717, 1.165) is 4.90 Å². The van der Waals surface area contributed by atoms with Crippen LogP contribution >= 0.6 is 11.8 Å². The van der Waals surface area contributed by atoms with Gasteiger partial charge in [0.2, 0.25) is 5.91 Å². The number of carbonyl (C=O) groups is 2. The van der Waals surface area contributed by atoms with Crippen molar-refractivity contribution in [2.24, 2.45) is 0 Å². The highest BCUT2D eigenvalue weighted by atomic mass is 32.2. The Labute approximate surface area is 187 Å². The van der Waals surface area contributed by atoms with Gasteiger partial charge in [0.25, 0.3) is 5.91 Å². The molecule has 160 valence electrons. The standard InChI is InChI=1S/C25H26N2O3S/c1-4-30-21-11-7-19(8-12-21)25(29)26-16-24(28)27-20-9-13-22(14-10-20)31-23-15-17(2)5-6-18(23)3/h5-15H,4,16H2,1-3H3,(H,26,29)(H,27,28). The van der Waals surface area contributed by atoms with Crippen molar-refractivity contribution in [3.63, 3.8) is 0 Å². The van der Waals surface area contributed by atoms with Gasteiger partial charge in [-0.3, -0.25) is 9.59 Å². The van der Waals surface area contributed by atoms with Gasteiger partial charge in [-0.1, -0.05) is 23.9 Å². The molecule has 2 amide bonds. The van der Waals surface area contributed by atoms with Crippen LogP contribution < -0.4 is 15.4 Å². The lowest BCUT2D eigenvalue weighted by molar-refractivity contribution is -0.115. The van der Waals surface area contributed by atoms with Crippen LogP contribution in [0.2, 0.25) is 0 Å². The fourth-order valence-corrected chi connectivity index (χ4v) is 3.89. The number of benzene rings is 3. The second-order valence-corrected chi connectivity index (χ2v) is 8.20. The van der Waals surface area contributed by atoms with Crippen molar-refractivity contribution in [1.29, 1.82) is 0 Å². The zero-order chi connectivity index (χ0) is 22.2. The third kappa shape index (κ3) is 6.62. The van der Waals surface area contributed by atoms with Crippen molar-refractivity contribution in [3.8, 4) is 5.75 Å². The van der Waals surface area contributed by atoms with Crippen molar-refractivity contribution >= 4 is 29.3 Å². The normalized spacial score (nSPS) is 10.4. The molecule has 0 unspecified atom stereocenters. The van der Waals surface area contributed by atoms with Crippen LogP contribution in [0.3, 0.4) is 0 Å². The summed E-state index contributed by atoms with van der Waals surface area (Å²) in [5, 5.41) is 5.43. The highest BCUT2D eigenvalue weighted by Crippen LogP contribution is 2.31. The smallest absolute Gasteiger partial charge is 0.251 e. The summed E-state index contributed by atoms with van der Waals surface area (Å²) < 4.78 is 5.36. The third-order valence-electron chi connectivity index (χ3n) is 4.55. The first kappa shape index (κ1) is 22.4. The molecule has 0 heterocycles. The minimum absolute atomic E-state index is 0.106. The third-order valence-corrected chi connectivity index (χ3v) is 5.71. The molecule has 3 aromatic carbocycles. The average molecular weight is 435 g/mol. The zero-order valence-electron chi connectivity index (χ0n) is 17.9. The molecular formula is C25H26N2O3S. The van der Waals surface area contributed by atoms with Crippen LogP contribution in [-0.2, 0) is 4.79 Å². The summed E-state index contributed by atoms with van der Waals surface area (Å²) in [6, 6.07) is 20.9. The van der Waals surface area contributed by atoms with Crippen LogP contribution in [0.4, 0.5) is 5.69 Å². The Morgan fingerprint density at radius 2 is 1.65 bits per heavy atom. The summed E-state index contributed by atoms with van der Waals surface area (Å²) >= 11 is 1.69. The number of hydrogen-bond acceptors (Lipinski definition) is 4. The van der Waals surface area contributed by atoms with Crippen LogP contribution in [0, 0.1) is 13.8 Å². The first-order valence-electron chi connectivity index (χ1n) is 10.1. The van der Waals surface area contributed by atoms with Crippen molar-refractivity contribution in [2.75, 3.05) is 18.5 Å². The molecule has 0 radical (unpaired) electrons. The van der Waals surface area contributed by atoms with Gasteiger partial charge in [-0.15, -0.1) is 0 Å². The number of ether oxygens (including phenoxy) is 1. The van der Waals surface area contributed by atoms with Gasteiger partial charge >= 0.3 is 0 Å². The molecule has 6 heteroatoms. The van der Waals surface area contributed by atoms with Gasteiger partial charge in [0.1, 0.15) is 5.75 Å². The molecule has 2 N–H and O–H groups in total. The van der Waals surface area contributed by atoms with E-state index in [1.807, 2.05) is 31.2 Å². The fourth-order valence-electron chi connectivity index (χ4n) is 2.89. The molecule has 0 aliphatic carbocycles. The van der Waals surface area contributed by atoms with Gasteiger partial charge in [-0.25, -0.2) is 0 Å². The molecule has 0 aliphatic heterocycles. The van der Waals surface area contributed by atoms with Crippen LogP contribution in [0.25, 0.3) is 0 Å². The minimum atomic E-state index is -0.307. The molecule has 0 atom stereocenters. The van der Waals surface area contributed by atoms with E-state index in [1.165, 1.54) is 16.0 Å². The molecule has 3 rings (SSSR count). The number of aryl methyl sites for hydroxylation is 2. The van der Waals surface area contributed by atoms with E-state index in [1.54, 1.807) is 36.0 Å². The maximum absolute atomic E-state index is 12.2. The summed E-state index contributed by atoms with van der Waals surface area (Å²) in [4.78, 5) is 26.7. The molecule has 0 saturated carbocycles. The van der Waals surface area contributed by atoms with E-state index in [4.69, 9.17) is 4.74 Å². The van der Waals surface area contributed by atoms with E-state index in [0.29, 0.717) is 23.6 Å². The van der Waals surface area contributed by atoms with Crippen LogP contribution in [-0.4, -0.2) is 25.0 Å². The number of amides is 2. The molecule has 0 aliphatic rings. The summed E-state index contributed by atoms with van der Waals surface area (Å²) in [6.45, 7) is 6.54. The first-order chi connectivity index (χ1) is 14.9. The monoisotopic (exact) mass is 434 g/mol. The second-order valence-electron chi connectivity index (χ2n) is 7.08.